The molecule has 0 radical (unpaired) electrons. The Bertz CT molecular complexity index is 934. The minimum atomic E-state index is -0.929. The molecular weight excluding hydrogens is 372 g/mol. The van der Waals surface area contributed by atoms with Crippen LogP contribution in [0.5, 0.6) is 0 Å². The lowest BCUT2D eigenvalue weighted by Crippen LogP contribution is -2.42. The van der Waals surface area contributed by atoms with Gasteiger partial charge in [0.05, 0.1) is 0 Å². The van der Waals surface area contributed by atoms with E-state index in [1.54, 1.807) is 30.3 Å². The highest BCUT2D eigenvalue weighted by Gasteiger charge is 2.33. The maximum atomic E-state index is 12.7. The highest BCUT2D eigenvalue weighted by Crippen LogP contribution is 2.34. The molecule has 0 atom stereocenters. The highest BCUT2D eigenvalue weighted by atomic mass is 35.5. The fourth-order valence-electron chi connectivity index (χ4n) is 3.08. The van der Waals surface area contributed by atoms with E-state index >= 15 is 0 Å². The van der Waals surface area contributed by atoms with Crippen LogP contribution in [0, 0.1) is 0 Å². The number of hydrogen-bond donors (Lipinski definition) is 2. The van der Waals surface area contributed by atoms with Gasteiger partial charge in [0.15, 0.2) is 0 Å². The van der Waals surface area contributed by atoms with E-state index in [4.69, 9.17) is 16.7 Å². The molecule has 3 rings (SSSR count). The van der Waals surface area contributed by atoms with Gasteiger partial charge in [-0.15, -0.1) is 0 Å². The van der Waals surface area contributed by atoms with Crippen LogP contribution in [0.1, 0.15) is 40.0 Å². The number of carbonyl (C=O) groups is 4. The zero-order valence-electron chi connectivity index (χ0n) is 14.3. The zero-order chi connectivity index (χ0) is 19.6. The highest BCUT2D eigenvalue weighted by molar-refractivity contribution is 6.38. The molecule has 1 aliphatic rings. The minimum Gasteiger partial charge on any atom is -0.481 e. The van der Waals surface area contributed by atoms with Crippen molar-refractivity contribution in [2.45, 2.75) is 19.3 Å². The van der Waals surface area contributed by atoms with Gasteiger partial charge in [-0.3, -0.25) is 24.1 Å². The second-order valence-corrected chi connectivity index (χ2v) is 6.59. The minimum absolute atomic E-state index is 0.0350. The van der Waals surface area contributed by atoms with Crippen LogP contribution >= 0.6 is 11.6 Å². The van der Waals surface area contributed by atoms with Gasteiger partial charge in [0.2, 0.25) is 5.91 Å². The Hall–Kier alpha value is -2.93. The fraction of sp³-hybridized carbons (Fsp3) is 0.263. The largest absolute Gasteiger partial charge is 0.481 e. The van der Waals surface area contributed by atoms with E-state index in [2.05, 4.69) is 5.32 Å². The Balaban J connectivity index is 1.71. The summed E-state index contributed by atoms with van der Waals surface area (Å²) in [6.07, 6.45) is 0.231. The number of carboxylic acids is 1. The lowest BCUT2D eigenvalue weighted by Gasteiger charge is -2.27. The molecule has 7 nitrogen and oxygen atoms in total. The third-order valence-corrected chi connectivity index (χ3v) is 4.72. The number of nitrogens with one attached hydrogen (secondary N) is 1. The second kappa shape index (κ2) is 7.75. The van der Waals surface area contributed by atoms with Crippen molar-refractivity contribution in [3.63, 3.8) is 0 Å². The first-order valence-electron chi connectivity index (χ1n) is 8.46. The number of rotatable bonds is 7. The lowest BCUT2D eigenvalue weighted by molar-refractivity contribution is -0.137. The maximum absolute atomic E-state index is 12.7. The average molecular weight is 389 g/mol. The summed E-state index contributed by atoms with van der Waals surface area (Å²) in [6.45, 7) is 0.175. The van der Waals surface area contributed by atoms with Crippen molar-refractivity contribution in [2.75, 3.05) is 13.1 Å². The molecule has 2 aromatic rings. The van der Waals surface area contributed by atoms with E-state index in [0.717, 1.165) is 4.90 Å². The van der Waals surface area contributed by atoms with E-state index < -0.39 is 17.8 Å². The summed E-state index contributed by atoms with van der Waals surface area (Å²) in [7, 11) is 0. The van der Waals surface area contributed by atoms with Crippen molar-refractivity contribution in [1.82, 2.24) is 10.2 Å². The number of carbonyl (C=O) groups excluding carboxylic acids is 3. The molecule has 0 aliphatic carbocycles. The van der Waals surface area contributed by atoms with E-state index in [9.17, 15) is 19.2 Å². The summed E-state index contributed by atoms with van der Waals surface area (Å²) in [5.74, 6) is -2.19. The van der Waals surface area contributed by atoms with Crippen LogP contribution in [-0.2, 0) is 9.59 Å². The van der Waals surface area contributed by atoms with Gasteiger partial charge in [-0.1, -0.05) is 23.7 Å². The fourth-order valence-corrected chi connectivity index (χ4v) is 3.30. The van der Waals surface area contributed by atoms with E-state index in [1.807, 2.05) is 0 Å². The summed E-state index contributed by atoms with van der Waals surface area (Å²) >= 11 is 6.17. The van der Waals surface area contributed by atoms with Gasteiger partial charge in [-0.25, -0.2) is 0 Å². The van der Waals surface area contributed by atoms with Gasteiger partial charge in [-0.2, -0.15) is 0 Å². The third kappa shape index (κ3) is 3.78. The number of halogens is 1. The molecule has 0 fully saturated rings. The summed E-state index contributed by atoms with van der Waals surface area (Å²) in [5.41, 5.74) is 0.762. The normalized spacial score (nSPS) is 13.1. The lowest BCUT2D eigenvalue weighted by atomic mass is 9.94. The molecule has 3 amide bonds. The first kappa shape index (κ1) is 18.8. The van der Waals surface area contributed by atoms with Gasteiger partial charge >= 0.3 is 5.97 Å². The topological polar surface area (TPSA) is 104 Å². The van der Waals surface area contributed by atoms with Gasteiger partial charge < -0.3 is 10.4 Å². The number of carboxylic acid groups (broad SMARTS) is 1. The van der Waals surface area contributed by atoms with Gasteiger partial charge in [0.1, 0.15) is 0 Å². The zero-order valence-corrected chi connectivity index (χ0v) is 15.1. The van der Waals surface area contributed by atoms with Crippen LogP contribution < -0.4 is 5.32 Å². The molecule has 0 spiro atoms. The Kier molecular flexibility index (Phi) is 5.41. The van der Waals surface area contributed by atoms with Crippen molar-refractivity contribution in [2.24, 2.45) is 0 Å². The maximum Gasteiger partial charge on any atom is 0.303 e. The molecule has 0 saturated heterocycles. The molecule has 1 aliphatic heterocycles. The SMILES string of the molecule is O=C(O)CCCNC(=O)CCN1C(=O)c2cccc3c(Cl)ccc(c23)C1=O. The molecule has 27 heavy (non-hydrogen) atoms. The first-order valence-corrected chi connectivity index (χ1v) is 8.84. The molecule has 2 aromatic carbocycles. The molecule has 2 N–H and O–H groups in total. The standard InChI is InChI=1S/C19H17ClN2O5/c20-14-7-6-13-17-11(14)3-1-4-12(17)18(26)22(19(13)27)10-8-15(23)21-9-2-5-16(24)25/h1,3-4,6-7H,2,5,8-10H2,(H,21,23)(H,24,25). The van der Waals surface area contributed by atoms with Gasteiger partial charge in [0, 0.05) is 52.9 Å². The smallest absolute Gasteiger partial charge is 0.303 e. The van der Waals surface area contributed by atoms with Gasteiger partial charge in [0.25, 0.3) is 11.8 Å². The summed E-state index contributed by atoms with van der Waals surface area (Å²) in [4.78, 5) is 48.9. The van der Waals surface area contributed by atoms with Crippen LogP contribution in [0.3, 0.4) is 0 Å². The van der Waals surface area contributed by atoms with E-state index in [-0.39, 0.29) is 31.8 Å². The summed E-state index contributed by atoms with van der Waals surface area (Å²) < 4.78 is 0. The number of hydrogen-bond acceptors (Lipinski definition) is 4. The quantitative estimate of drug-likeness (QED) is 0.560. The Morgan fingerprint density at radius 3 is 2.44 bits per heavy atom. The van der Waals surface area contributed by atoms with Gasteiger partial charge in [-0.05, 0) is 24.6 Å². The molecule has 8 heteroatoms. The van der Waals surface area contributed by atoms with Crippen molar-refractivity contribution < 1.29 is 24.3 Å². The van der Waals surface area contributed by atoms with Crippen molar-refractivity contribution >= 4 is 46.1 Å². The molecule has 0 bridgehead atoms. The van der Waals surface area contributed by atoms with Crippen LogP contribution in [0.2, 0.25) is 5.02 Å². The van der Waals surface area contributed by atoms with Crippen molar-refractivity contribution in [1.29, 1.82) is 0 Å². The van der Waals surface area contributed by atoms with Crippen LogP contribution in [-0.4, -0.2) is 46.8 Å². The van der Waals surface area contributed by atoms with E-state index in [0.29, 0.717) is 33.3 Å². The summed E-state index contributed by atoms with van der Waals surface area (Å²) in [6, 6.07) is 8.29. The molecule has 0 saturated carbocycles. The molecule has 140 valence electrons. The molecular formula is C19H17ClN2O5. The number of amides is 3. The van der Waals surface area contributed by atoms with Crippen LogP contribution in [0.25, 0.3) is 10.8 Å². The third-order valence-electron chi connectivity index (χ3n) is 4.39. The van der Waals surface area contributed by atoms with Crippen LogP contribution in [0.15, 0.2) is 30.3 Å². The number of nitrogens with zero attached hydrogens (tertiary/aromatic N) is 1. The van der Waals surface area contributed by atoms with Crippen LogP contribution in [0.4, 0.5) is 0 Å². The Morgan fingerprint density at radius 2 is 1.74 bits per heavy atom. The van der Waals surface area contributed by atoms with E-state index in [1.165, 1.54) is 0 Å². The number of imide groups is 1. The second-order valence-electron chi connectivity index (χ2n) is 6.18. The Morgan fingerprint density at radius 1 is 1.04 bits per heavy atom. The predicted molar refractivity (Wildman–Crippen MR) is 98.8 cm³/mol. The predicted octanol–water partition coefficient (Wildman–Crippen LogP) is 2.46. The average Bonchev–Trinajstić information content (AvgIpc) is 2.64. The molecule has 1 heterocycles. The Labute approximate surface area is 159 Å². The van der Waals surface area contributed by atoms with Crippen molar-refractivity contribution in [3.8, 4) is 0 Å². The number of aliphatic carboxylic acids is 1. The number of benzene rings is 2. The molecule has 0 unspecified atom stereocenters. The first-order chi connectivity index (χ1) is 12.9. The van der Waals surface area contributed by atoms with Crippen molar-refractivity contribution in [3.05, 3.63) is 46.5 Å². The molecule has 0 aromatic heterocycles. The summed E-state index contributed by atoms with van der Waals surface area (Å²) in [5, 5.41) is 12.8. The monoisotopic (exact) mass is 388 g/mol.